The first-order chi connectivity index (χ1) is 16.3. The van der Waals surface area contributed by atoms with Gasteiger partial charge in [0.25, 0.3) is 0 Å². The van der Waals surface area contributed by atoms with Gasteiger partial charge < -0.3 is 4.74 Å². The van der Waals surface area contributed by atoms with Crippen molar-refractivity contribution in [1.82, 2.24) is 0 Å². The van der Waals surface area contributed by atoms with Crippen molar-refractivity contribution in [3.05, 3.63) is 65.0 Å². The molecular weight excluding hydrogens is 491 g/mol. The number of hydrogen-bond acceptors (Lipinski definition) is 4. The number of halogens is 5. The summed E-state index contributed by atoms with van der Waals surface area (Å²) in [6, 6.07) is 7.60. The number of esters is 1. The van der Waals surface area contributed by atoms with E-state index in [-0.39, 0.29) is 42.7 Å². The smallest absolute Gasteiger partial charge is 0.426 e. The van der Waals surface area contributed by atoms with Gasteiger partial charge in [0.05, 0.1) is 17.4 Å². The molecule has 4 rings (SSSR count). The van der Waals surface area contributed by atoms with E-state index >= 15 is 0 Å². The van der Waals surface area contributed by atoms with Crippen LogP contribution >= 0.6 is 0 Å². The van der Waals surface area contributed by atoms with Crippen LogP contribution < -0.4 is 0 Å². The Hall–Kier alpha value is -2.49. The average Bonchev–Trinajstić information content (AvgIpc) is 3.20. The van der Waals surface area contributed by atoms with Crippen LogP contribution in [0.4, 0.5) is 22.0 Å². The fourth-order valence-electron chi connectivity index (χ4n) is 5.66. The van der Waals surface area contributed by atoms with Crippen molar-refractivity contribution in [3.63, 3.8) is 0 Å². The zero-order valence-electron chi connectivity index (χ0n) is 19.2. The fraction of sp³-hybridized carbons (Fsp3) is 0.480. The quantitative estimate of drug-likeness (QED) is 0.287. The molecule has 1 fully saturated rings. The standard InChI is InChI=1S/C25H25F5O4S/c1-3-34-22(31)19-12-13-24(35(32,33)18-8-6-17(26)7-9-18)20-11-5-16(23(2,27)25(28,29)30)14-15(20)4-10-21(19)24/h5-9,11,14,19,21H,3-4,10,12-13H2,1-2H3/t19?,21-,23?,24+/m1/s1. The van der Waals surface area contributed by atoms with Gasteiger partial charge in [-0.05, 0) is 86.4 Å². The Balaban J connectivity index is 1.92. The van der Waals surface area contributed by atoms with Crippen molar-refractivity contribution in [3.8, 4) is 0 Å². The summed E-state index contributed by atoms with van der Waals surface area (Å²) < 4.78 is 100. The molecule has 35 heavy (non-hydrogen) atoms. The van der Waals surface area contributed by atoms with Gasteiger partial charge in [0.2, 0.25) is 5.67 Å². The Morgan fingerprint density at radius 2 is 1.74 bits per heavy atom. The van der Waals surface area contributed by atoms with Crippen molar-refractivity contribution in [2.45, 2.75) is 61.0 Å². The summed E-state index contributed by atoms with van der Waals surface area (Å²) in [6.45, 7) is 2.19. The zero-order chi connectivity index (χ0) is 25.8. The lowest BCUT2D eigenvalue weighted by atomic mass is 9.72. The van der Waals surface area contributed by atoms with Gasteiger partial charge in [-0.3, -0.25) is 4.79 Å². The predicted octanol–water partition coefficient (Wildman–Crippen LogP) is 5.78. The molecular formula is C25H25F5O4S. The molecule has 0 saturated heterocycles. The van der Waals surface area contributed by atoms with E-state index in [4.69, 9.17) is 4.74 Å². The molecule has 2 aromatic rings. The van der Waals surface area contributed by atoms with Crippen molar-refractivity contribution < 1.29 is 39.9 Å². The number of alkyl halides is 4. The zero-order valence-corrected chi connectivity index (χ0v) is 20.0. The highest BCUT2D eigenvalue weighted by atomic mass is 32.2. The van der Waals surface area contributed by atoms with Gasteiger partial charge in [-0.15, -0.1) is 0 Å². The molecule has 4 nitrogen and oxygen atoms in total. The van der Waals surface area contributed by atoms with E-state index < -0.39 is 55.6 Å². The van der Waals surface area contributed by atoms with E-state index in [0.717, 1.165) is 36.4 Å². The van der Waals surface area contributed by atoms with Gasteiger partial charge in [0, 0.05) is 0 Å². The van der Waals surface area contributed by atoms with Crippen molar-refractivity contribution in [2.24, 2.45) is 11.8 Å². The summed E-state index contributed by atoms with van der Waals surface area (Å²) >= 11 is 0. The fourth-order valence-corrected chi connectivity index (χ4v) is 8.14. The van der Waals surface area contributed by atoms with Gasteiger partial charge >= 0.3 is 12.1 Å². The third-order valence-electron chi connectivity index (χ3n) is 7.46. The lowest BCUT2D eigenvalue weighted by Gasteiger charge is -2.42. The van der Waals surface area contributed by atoms with Crippen LogP contribution in [0.15, 0.2) is 47.4 Å². The van der Waals surface area contributed by atoms with E-state index in [9.17, 15) is 35.2 Å². The number of sulfone groups is 1. The maximum Gasteiger partial charge on any atom is 0.426 e. The molecule has 0 radical (unpaired) electrons. The first kappa shape index (κ1) is 25.6. The molecule has 2 aliphatic carbocycles. The van der Waals surface area contributed by atoms with Gasteiger partial charge in [0.15, 0.2) is 9.84 Å². The lowest BCUT2D eigenvalue weighted by molar-refractivity contribution is -0.228. The number of hydrogen-bond donors (Lipinski definition) is 0. The summed E-state index contributed by atoms with van der Waals surface area (Å²) in [5.41, 5.74) is -3.68. The normalized spacial score (nSPS) is 25.9. The molecule has 2 unspecified atom stereocenters. The SMILES string of the molecule is CCOC(=O)C1CC[C@]2(S(=O)(=O)c3ccc(F)cc3)c3ccc(C(C)(F)C(F)(F)F)cc3CC[C@H]12. The molecule has 0 aromatic heterocycles. The molecule has 0 N–H and O–H groups in total. The van der Waals surface area contributed by atoms with Crippen LogP contribution in [0.5, 0.6) is 0 Å². The van der Waals surface area contributed by atoms with Crippen LogP contribution in [-0.2, 0) is 36.2 Å². The first-order valence-corrected chi connectivity index (χ1v) is 12.8. The summed E-state index contributed by atoms with van der Waals surface area (Å²) in [7, 11) is -4.24. The minimum absolute atomic E-state index is 0.0272. The summed E-state index contributed by atoms with van der Waals surface area (Å²) in [5.74, 6) is -2.58. The molecule has 0 heterocycles. The van der Waals surface area contributed by atoms with E-state index in [1.165, 1.54) is 6.07 Å². The van der Waals surface area contributed by atoms with E-state index in [0.29, 0.717) is 12.5 Å². The number of benzene rings is 2. The maximum atomic E-state index is 14.7. The molecule has 190 valence electrons. The Bertz CT molecular complexity index is 1240. The summed E-state index contributed by atoms with van der Waals surface area (Å²) in [4.78, 5) is 12.6. The van der Waals surface area contributed by atoms with Crippen molar-refractivity contribution >= 4 is 15.8 Å². The second-order valence-corrected chi connectivity index (χ2v) is 11.5. The Morgan fingerprint density at radius 3 is 2.34 bits per heavy atom. The third-order valence-corrected chi connectivity index (χ3v) is 10.0. The van der Waals surface area contributed by atoms with Crippen molar-refractivity contribution in [2.75, 3.05) is 6.61 Å². The van der Waals surface area contributed by atoms with Crippen LogP contribution in [0.3, 0.4) is 0 Å². The summed E-state index contributed by atoms with van der Waals surface area (Å²) in [6.07, 6.45) is -4.56. The number of carbonyl (C=O) groups excluding carboxylic acids is 1. The molecule has 4 atom stereocenters. The maximum absolute atomic E-state index is 14.7. The first-order valence-electron chi connectivity index (χ1n) is 11.3. The highest BCUT2D eigenvalue weighted by Crippen LogP contribution is 2.59. The van der Waals surface area contributed by atoms with Gasteiger partial charge in [-0.2, -0.15) is 13.2 Å². The molecule has 1 saturated carbocycles. The Kier molecular flexibility index (Phi) is 6.27. The highest BCUT2D eigenvalue weighted by Gasteiger charge is 2.62. The van der Waals surface area contributed by atoms with Crippen LogP contribution in [0, 0.1) is 17.7 Å². The largest absolute Gasteiger partial charge is 0.466 e. The molecule has 10 heteroatoms. The summed E-state index contributed by atoms with van der Waals surface area (Å²) in [5, 5.41) is 0. The van der Waals surface area contributed by atoms with Gasteiger partial charge in [-0.25, -0.2) is 17.2 Å². The molecule has 2 aliphatic rings. The molecule has 0 amide bonds. The molecule has 2 aromatic carbocycles. The van der Waals surface area contributed by atoms with Crippen LogP contribution in [0.1, 0.15) is 49.8 Å². The number of fused-ring (bicyclic) bond motifs is 3. The predicted molar refractivity (Wildman–Crippen MR) is 117 cm³/mol. The van der Waals surface area contributed by atoms with Crippen LogP contribution in [0.2, 0.25) is 0 Å². The monoisotopic (exact) mass is 516 g/mol. The van der Waals surface area contributed by atoms with E-state index in [2.05, 4.69) is 0 Å². The average molecular weight is 517 g/mol. The second kappa shape index (κ2) is 8.57. The van der Waals surface area contributed by atoms with Gasteiger partial charge in [-0.1, -0.05) is 18.2 Å². The lowest BCUT2D eigenvalue weighted by Crippen LogP contribution is -2.46. The van der Waals surface area contributed by atoms with Crippen LogP contribution in [-0.4, -0.2) is 27.2 Å². The van der Waals surface area contributed by atoms with Crippen LogP contribution in [0.25, 0.3) is 0 Å². The van der Waals surface area contributed by atoms with E-state index in [1.807, 2.05) is 0 Å². The Labute approximate surface area is 200 Å². The third kappa shape index (κ3) is 3.84. The number of aryl methyl sites for hydroxylation is 1. The molecule has 0 spiro atoms. The van der Waals surface area contributed by atoms with E-state index in [1.54, 1.807) is 6.92 Å². The minimum Gasteiger partial charge on any atom is -0.466 e. The number of carbonyl (C=O) groups is 1. The topological polar surface area (TPSA) is 60.4 Å². The number of ether oxygens (including phenoxy) is 1. The molecule has 0 bridgehead atoms. The van der Waals surface area contributed by atoms with Crippen molar-refractivity contribution in [1.29, 1.82) is 0 Å². The molecule has 0 aliphatic heterocycles. The minimum atomic E-state index is -5.15. The Morgan fingerprint density at radius 1 is 1.09 bits per heavy atom. The highest BCUT2D eigenvalue weighted by molar-refractivity contribution is 7.92. The number of rotatable bonds is 5. The van der Waals surface area contributed by atoms with Gasteiger partial charge in [0.1, 0.15) is 10.6 Å². The second-order valence-electron chi connectivity index (χ2n) is 9.26.